The van der Waals surface area contributed by atoms with Gasteiger partial charge >= 0.3 is 6.18 Å². The van der Waals surface area contributed by atoms with Gasteiger partial charge in [0, 0.05) is 11.8 Å². The number of nitrogens with zero attached hydrogens (tertiary/aromatic N) is 1. The molecule has 1 aromatic carbocycles. The summed E-state index contributed by atoms with van der Waals surface area (Å²) in [6.45, 7) is 2.08. The summed E-state index contributed by atoms with van der Waals surface area (Å²) in [4.78, 5) is 16.1. The number of hydrogen-bond donors (Lipinski definition) is 2. The zero-order valence-electron chi connectivity index (χ0n) is 13.6. The minimum atomic E-state index is -4.36. The number of halogens is 4. The average Bonchev–Trinajstić information content (AvgIpc) is 2.52. The van der Waals surface area contributed by atoms with Crippen LogP contribution in [-0.4, -0.2) is 23.6 Å². The molecule has 2 rings (SSSR count). The van der Waals surface area contributed by atoms with Gasteiger partial charge in [-0.3, -0.25) is 4.79 Å². The van der Waals surface area contributed by atoms with Crippen molar-refractivity contribution in [1.82, 2.24) is 10.3 Å². The van der Waals surface area contributed by atoms with Gasteiger partial charge in [0.1, 0.15) is 18.2 Å². The fraction of sp³-hybridized carbons (Fsp3) is 0.294. The van der Waals surface area contributed by atoms with Gasteiger partial charge in [-0.05, 0) is 32.0 Å². The van der Waals surface area contributed by atoms with Gasteiger partial charge in [0.2, 0.25) is 0 Å². The lowest BCUT2D eigenvalue weighted by atomic mass is 9.93. The van der Waals surface area contributed by atoms with Crippen molar-refractivity contribution < 1.29 is 22.4 Å². The number of carbonyl (C=O) groups is 1. The maximum absolute atomic E-state index is 13.9. The fourth-order valence-corrected chi connectivity index (χ4v) is 2.21. The van der Waals surface area contributed by atoms with Crippen LogP contribution in [0.25, 0.3) is 0 Å². The number of anilines is 1. The molecular weight excluding hydrogens is 338 g/mol. The standard InChI is InChI=1S/C17H17F4N3O/c1-16(2,12-5-3-4-6-13(12)18)24-15(25)11-7-8-14(22-9-11)23-10-17(19,20)21/h3-9H,10H2,1-2H3,(H,22,23)(H,24,25). The Hall–Kier alpha value is -2.64. The van der Waals surface area contributed by atoms with Crippen molar-refractivity contribution in [3.63, 3.8) is 0 Å². The van der Waals surface area contributed by atoms with Crippen LogP contribution in [0.1, 0.15) is 29.8 Å². The van der Waals surface area contributed by atoms with Gasteiger partial charge < -0.3 is 10.6 Å². The smallest absolute Gasteiger partial charge is 0.361 e. The van der Waals surface area contributed by atoms with Gasteiger partial charge in [0.25, 0.3) is 5.91 Å². The lowest BCUT2D eigenvalue weighted by molar-refractivity contribution is -0.115. The van der Waals surface area contributed by atoms with Crippen molar-refractivity contribution >= 4 is 11.7 Å². The van der Waals surface area contributed by atoms with E-state index in [1.54, 1.807) is 32.0 Å². The first-order valence-electron chi connectivity index (χ1n) is 7.43. The summed E-state index contributed by atoms with van der Waals surface area (Å²) in [5.74, 6) is -0.956. The number of hydrogen-bond acceptors (Lipinski definition) is 3. The molecule has 0 unspecified atom stereocenters. The van der Waals surface area contributed by atoms with Crippen LogP contribution in [0.5, 0.6) is 0 Å². The number of carbonyl (C=O) groups excluding carboxylic acids is 1. The van der Waals surface area contributed by atoms with Gasteiger partial charge in [0.05, 0.1) is 11.1 Å². The lowest BCUT2D eigenvalue weighted by Gasteiger charge is -2.27. The van der Waals surface area contributed by atoms with E-state index in [-0.39, 0.29) is 11.4 Å². The molecule has 8 heteroatoms. The largest absolute Gasteiger partial charge is 0.405 e. The number of alkyl halides is 3. The van der Waals surface area contributed by atoms with Crippen LogP contribution in [0, 0.1) is 5.82 Å². The SMILES string of the molecule is CC(C)(NC(=O)c1ccc(NCC(F)(F)F)nc1)c1ccccc1F. The van der Waals surface area contributed by atoms with Crippen LogP contribution in [0.3, 0.4) is 0 Å². The highest BCUT2D eigenvalue weighted by molar-refractivity contribution is 5.94. The van der Waals surface area contributed by atoms with E-state index in [1.165, 1.54) is 18.2 Å². The quantitative estimate of drug-likeness (QED) is 0.801. The lowest BCUT2D eigenvalue weighted by Crippen LogP contribution is -2.41. The predicted octanol–water partition coefficient (Wildman–Crippen LogP) is 3.86. The van der Waals surface area contributed by atoms with Crippen molar-refractivity contribution in [3.05, 3.63) is 59.5 Å². The summed E-state index contributed by atoms with van der Waals surface area (Å²) in [5.41, 5.74) is -0.503. The van der Waals surface area contributed by atoms with Crippen LogP contribution in [0.2, 0.25) is 0 Å². The average molecular weight is 355 g/mol. The van der Waals surface area contributed by atoms with Crippen molar-refractivity contribution in [2.45, 2.75) is 25.6 Å². The molecule has 0 saturated carbocycles. The second-order valence-corrected chi connectivity index (χ2v) is 5.96. The first-order valence-corrected chi connectivity index (χ1v) is 7.43. The fourth-order valence-electron chi connectivity index (χ4n) is 2.21. The summed E-state index contributed by atoms with van der Waals surface area (Å²) in [6, 6.07) is 8.70. The molecule has 0 fully saturated rings. The van der Waals surface area contributed by atoms with E-state index < -0.39 is 30.0 Å². The first kappa shape index (κ1) is 18.7. The van der Waals surface area contributed by atoms with Gasteiger partial charge in [-0.25, -0.2) is 9.37 Å². The molecule has 0 saturated heterocycles. The molecule has 0 aliphatic rings. The van der Waals surface area contributed by atoms with Crippen LogP contribution in [0.4, 0.5) is 23.4 Å². The van der Waals surface area contributed by atoms with E-state index in [2.05, 4.69) is 15.6 Å². The zero-order chi connectivity index (χ0) is 18.7. The summed E-state index contributed by atoms with van der Waals surface area (Å²) in [5, 5.41) is 4.80. The van der Waals surface area contributed by atoms with E-state index in [9.17, 15) is 22.4 Å². The summed E-state index contributed by atoms with van der Waals surface area (Å²) in [7, 11) is 0. The van der Waals surface area contributed by atoms with Crippen LogP contribution >= 0.6 is 0 Å². The molecule has 0 spiro atoms. The third-order valence-electron chi connectivity index (χ3n) is 3.47. The van der Waals surface area contributed by atoms with Crippen LogP contribution < -0.4 is 10.6 Å². The third-order valence-corrected chi connectivity index (χ3v) is 3.47. The monoisotopic (exact) mass is 355 g/mol. The molecule has 134 valence electrons. The molecule has 0 atom stereocenters. The second-order valence-electron chi connectivity index (χ2n) is 5.96. The van der Waals surface area contributed by atoms with E-state index in [4.69, 9.17) is 0 Å². The number of aromatic nitrogens is 1. The molecule has 0 aliphatic carbocycles. The van der Waals surface area contributed by atoms with Gasteiger partial charge in [-0.2, -0.15) is 13.2 Å². The molecule has 2 N–H and O–H groups in total. The maximum atomic E-state index is 13.9. The Balaban J connectivity index is 2.07. The number of amides is 1. The molecular formula is C17H17F4N3O. The normalized spacial score (nSPS) is 11.9. The third kappa shape index (κ3) is 5.17. The Morgan fingerprint density at radius 1 is 1.12 bits per heavy atom. The zero-order valence-corrected chi connectivity index (χ0v) is 13.6. The summed E-state index contributed by atoms with van der Waals surface area (Å²) in [6.07, 6.45) is -3.20. The van der Waals surface area contributed by atoms with Crippen molar-refractivity contribution in [3.8, 4) is 0 Å². The highest BCUT2D eigenvalue weighted by Crippen LogP contribution is 2.23. The molecule has 0 bridgehead atoms. The number of benzene rings is 1. The Morgan fingerprint density at radius 2 is 1.80 bits per heavy atom. The highest BCUT2D eigenvalue weighted by atomic mass is 19.4. The minimum absolute atomic E-state index is 0.00207. The molecule has 0 radical (unpaired) electrons. The van der Waals surface area contributed by atoms with E-state index in [0.717, 1.165) is 6.20 Å². The Morgan fingerprint density at radius 3 is 2.36 bits per heavy atom. The highest BCUT2D eigenvalue weighted by Gasteiger charge is 2.27. The molecule has 1 aromatic heterocycles. The van der Waals surface area contributed by atoms with E-state index in [0.29, 0.717) is 5.56 Å². The minimum Gasteiger partial charge on any atom is -0.361 e. The van der Waals surface area contributed by atoms with Crippen LogP contribution in [0.15, 0.2) is 42.6 Å². The second kappa shape index (κ2) is 7.08. The van der Waals surface area contributed by atoms with Gasteiger partial charge in [0.15, 0.2) is 0 Å². The molecule has 1 heterocycles. The number of rotatable bonds is 5. The summed E-state index contributed by atoms with van der Waals surface area (Å²) < 4.78 is 50.3. The van der Waals surface area contributed by atoms with E-state index in [1.807, 2.05) is 0 Å². The molecule has 1 amide bonds. The van der Waals surface area contributed by atoms with Crippen LogP contribution in [-0.2, 0) is 5.54 Å². The Kier molecular flexibility index (Phi) is 5.30. The molecule has 2 aromatic rings. The maximum Gasteiger partial charge on any atom is 0.405 e. The topological polar surface area (TPSA) is 54.0 Å². The predicted molar refractivity (Wildman–Crippen MR) is 85.7 cm³/mol. The molecule has 4 nitrogen and oxygen atoms in total. The van der Waals surface area contributed by atoms with E-state index >= 15 is 0 Å². The Bertz CT molecular complexity index is 742. The summed E-state index contributed by atoms with van der Waals surface area (Å²) >= 11 is 0. The number of nitrogens with one attached hydrogen (secondary N) is 2. The number of pyridine rings is 1. The Labute approximate surface area is 142 Å². The van der Waals surface area contributed by atoms with Crippen molar-refractivity contribution in [1.29, 1.82) is 0 Å². The van der Waals surface area contributed by atoms with Crippen molar-refractivity contribution in [2.75, 3.05) is 11.9 Å². The molecule has 25 heavy (non-hydrogen) atoms. The first-order chi connectivity index (χ1) is 11.6. The van der Waals surface area contributed by atoms with Gasteiger partial charge in [-0.15, -0.1) is 0 Å². The van der Waals surface area contributed by atoms with Gasteiger partial charge in [-0.1, -0.05) is 18.2 Å². The molecule has 0 aliphatic heterocycles. The van der Waals surface area contributed by atoms with Crippen molar-refractivity contribution in [2.24, 2.45) is 0 Å².